The molecule has 0 nitrogen and oxygen atoms in total. The average Bonchev–Trinajstić information content (AvgIpc) is 3.01. The van der Waals surface area contributed by atoms with Gasteiger partial charge in [0.15, 0.2) is 0 Å². The molecule has 0 heterocycles. The zero-order valence-corrected chi connectivity index (χ0v) is 23.0. The normalized spacial score (nSPS) is 25.3. The van der Waals surface area contributed by atoms with Gasteiger partial charge in [-0.15, -0.1) is 0 Å². The Hall–Kier alpha value is 0.640. The molecule has 4 heteroatoms. The Labute approximate surface area is 170 Å². The fourth-order valence-corrected chi connectivity index (χ4v) is 34.9. The number of allylic oxidation sites excluding steroid dienone is 8. The first-order valence-corrected chi connectivity index (χ1v) is 26.5. The molecule has 0 spiro atoms. The van der Waals surface area contributed by atoms with E-state index in [9.17, 15) is 0 Å². The van der Waals surface area contributed by atoms with E-state index in [2.05, 4.69) is 78.9 Å². The van der Waals surface area contributed by atoms with Gasteiger partial charge < -0.3 is 0 Å². The summed E-state index contributed by atoms with van der Waals surface area (Å²) in [6.07, 6.45) is 11.9. The van der Waals surface area contributed by atoms with Gasteiger partial charge in [-0.1, -0.05) is 0 Å². The Kier molecular flexibility index (Phi) is 7.21. The molecular weight excluding hydrogens is 454 g/mol. The second kappa shape index (κ2) is 8.17. The van der Waals surface area contributed by atoms with E-state index in [0.29, 0.717) is 19.1 Å². The predicted octanol–water partition coefficient (Wildman–Crippen LogP) is 8.41. The minimum atomic E-state index is -4.09. The van der Waals surface area contributed by atoms with Crippen LogP contribution < -0.4 is 0 Å². The van der Waals surface area contributed by atoms with Gasteiger partial charge in [0.2, 0.25) is 0 Å². The third-order valence-corrected chi connectivity index (χ3v) is 58.8. The molecule has 2 atom stereocenters. The van der Waals surface area contributed by atoms with Crippen molar-refractivity contribution in [3.05, 3.63) is 46.6 Å². The van der Waals surface area contributed by atoms with Crippen molar-refractivity contribution >= 4 is 22.9 Å². The SMILES string of the molecule is CC1=CC(CC(C)C)=C[CH]1[Zr]([Cl])([Cl])([CH]1C=C(CC(C)C)C=C1C)[SiH](C)C. The molecule has 2 rings (SSSR count). The van der Waals surface area contributed by atoms with Gasteiger partial charge in [0.25, 0.3) is 0 Å². The quantitative estimate of drug-likeness (QED) is 0.314. The van der Waals surface area contributed by atoms with Gasteiger partial charge in [-0.3, -0.25) is 0 Å². The van der Waals surface area contributed by atoms with Gasteiger partial charge in [0.1, 0.15) is 0 Å². The maximum atomic E-state index is 7.80. The van der Waals surface area contributed by atoms with E-state index in [0.717, 1.165) is 12.8 Å². The van der Waals surface area contributed by atoms with Crippen LogP contribution in [0.2, 0.25) is 20.3 Å². The van der Waals surface area contributed by atoms with Crippen molar-refractivity contribution in [3.63, 3.8) is 0 Å². The molecular formula is C22H37Cl2SiZr. The zero-order valence-electron chi connectivity index (χ0n) is 17.9. The summed E-state index contributed by atoms with van der Waals surface area (Å²) in [4.78, 5) is 0. The van der Waals surface area contributed by atoms with E-state index in [1.54, 1.807) is 0 Å². The van der Waals surface area contributed by atoms with Crippen LogP contribution in [0.3, 0.4) is 0 Å². The molecule has 0 saturated heterocycles. The molecule has 0 N–H and O–H groups in total. The minimum absolute atomic E-state index is 0.309. The molecule has 2 aliphatic rings. The van der Waals surface area contributed by atoms with Crippen molar-refractivity contribution in [3.8, 4) is 0 Å². The van der Waals surface area contributed by atoms with Crippen molar-refractivity contribution in [1.29, 1.82) is 0 Å². The fourth-order valence-electron chi connectivity index (χ4n) is 4.85. The maximum absolute atomic E-state index is 7.80. The molecule has 0 fully saturated rings. The first-order valence-electron chi connectivity index (χ1n) is 10.2. The molecule has 26 heavy (non-hydrogen) atoms. The summed E-state index contributed by atoms with van der Waals surface area (Å²) in [5.74, 6) is 0.0732. The Bertz CT molecular complexity index is 628. The van der Waals surface area contributed by atoms with Crippen LogP contribution in [0.5, 0.6) is 0 Å². The zero-order chi connectivity index (χ0) is 19.9. The molecule has 147 valence electrons. The number of hydrogen-bond acceptors (Lipinski definition) is 0. The van der Waals surface area contributed by atoms with E-state index >= 15 is 0 Å². The standard InChI is InChI=1S/2C10H15.C2H7Si.2ClH.Zr/c2*1-8(2)6-10-5-4-9(3)7-10;1-3-2;;;/h2*4-5,7-8H,6H2,1-3H3;3H,1-2H3;2*1H;/q;;;;;+2/p-2. The van der Waals surface area contributed by atoms with Crippen LogP contribution >= 0.6 is 17.0 Å². The number of rotatable bonds is 7. The summed E-state index contributed by atoms with van der Waals surface area (Å²) in [6, 6.07) is 0. The van der Waals surface area contributed by atoms with Crippen LogP contribution in [0, 0.1) is 11.8 Å². The van der Waals surface area contributed by atoms with Crippen molar-refractivity contribution < 1.29 is 15.6 Å². The van der Waals surface area contributed by atoms with Crippen molar-refractivity contribution in [1.82, 2.24) is 0 Å². The van der Waals surface area contributed by atoms with Crippen LogP contribution in [0.4, 0.5) is 0 Å². The van der Waals surface area contributed by atoms with E-state index in [-0.39, 0.29) is 0 Å². The molecule has 0 aromatic carbocycles. The summed E-state index contributed by atoms with van der Waals surface area (Å²) in [6.45, 7) is 18.5. The fraction of sp³-hybridized carbons (Fsp3) is 0.636. The Morgan fingerprint density at radius 2 is 1.19 bits per heavy atom. The number of hydrogen-bond donors (Lipinski definition) is 0. The predicted molar refractivity (Wildman–Crippen MR) is 121 cm³/mol. The Morgan fingerprint density at radius 3 is 1.46 bits per heavy atom. The van der Waals surface area contributed by atoms with Gasteiger partial charge >= 0.3 is 172 Å². The Morgan fingerprint density at radius 1 is 0.846 bits per heavy atom. The van der Waals surface area contributed by atoms with Crippen molar-refractivity contribution in [2.75, 3.05) is 0 Å². The van der Waals surface area contributed by atoms with Gasteiger partial charge in [0, 0.05) is 0 Å². The van der Waals surface area contributed by atoms with Gasteiger partial charge in [-0.05, 0) is 0 Å². The molecule has 2 unspecified atom stereocenters. The second-order valence-electron chi connectivity index (χ2n) is 9.79. The van der Waals surface area contributed by atoms with Gasteiger partial charge in [-0.2, -0.15) is 0 Å². The molecule has 0 amide bonds. The summed E-state index contributed by atoms with van der Waals surface area (Å²) < 4.78 is 0.617. The van der Waals surface area contributed by atoms with Crippen LogP contribution in [0.25, 0.3) is 0 Å². The first kappa shape index (κ1) is 22.9. The van der Waals surface area contributed by atoms with Gasteiger partial charge in [0.05, 0.1) is 0 Å². The Balaban J connectivity index is 2.50. The molecule has 0 saturated carbocycles. The molecule has 0 aromatic heterocycles. The molecule has 0 aromatic rings. The molecule has 2 aliphatic carbocycles. The molecule has 0 radical (unpaired) electrons. The summed E-state index contributed by atoms with van der Waals surface area (Å²) >= 11 is -4.09. The van der Waals surface area contributed by atoms with E-state index in [4.69, 9.17) is 17.0 Å². The monoisotopic (exact) mass is 489 g/mol. The first-order chi connectivity index (χ1) is 11.9. The van der Waals surface area contributed by atoms with E-state index in [1.807, 2.05) is 0 Å². The van der Waals surface area contributed by atoms with Crippen LogP contribution in [-0.4, -0.2) is 5.92 Å². The number of halogens is 2. The third-order valence-electron chi connectivity index (χ3n) is 6.15. The van der Waals surface area contributed by atoms with Crippen molar-refractivity contribution in [2.24, 2.45) is 11.8 Å². The average molecular weight is 492 g/mol. The van der Waals surface area contributed by atoms with Crippen LogP contribution in [0.15, 0.2) is 46.6 Å². The summed E-state index contributed by atoms with van der Waals surface area (Å²) in [5.41, 5.74) is 5.72. The van der Waals surface area contributed by atoms with Crippen molar-refractivity contribution in [2.45, 2.75) is 74.7 Å². The summed E-state index contributed by atoms with van der Waals surface area (Å²) in [5, 5.41) is 0. The van der Waals surface area contributed by atoms with E-state index < -0.39 is 21.5 Å². The van der Waals surface area contributed by atoms with E-state index in [1.165, 1.54) is 22.3 Å². The topological polar surface area (TPSA) is 0 Å². The van der Waals surface area contributed by atoms with Crippen LogP contribution in [0.1, 0.15) is 54.4 Å². The summed E-state index contributed by atoms with van der Waals surface area (Å²) in [7, 11) is 15.6. The second-order valence-corrected chi connectivity index (χ2v) is 52.5. The molecule has 0 bridgehead atoms. The molecule has 0 aliphatic heterocycles. The van der Waals surface area contributed by atoms with Crippen LogP contribution in [-0.2, 0) is 15.6 Å². The van der Waals surface area contributed by atoms with Gasteiger partial charge in [-0.25, -0.2) is 0 Å². The third kappa shape index (κ3) is 4.29.